The summed E-state index contributed by atoms with van der Waals surface area (Å²) in [4.78, 5) is 23.9. The Morgan fingerprint density at radius 2 is 2.02 bits per heavy atom. The summed E-state index contributed by atoms with van der Waals surface area (Å²) in [5, 5.41) is 10.7. The van der Waals surface area contributed by atoms with E-state index in [4.69, 9.17) is 42.6 Å². The van der Waals surface area contributed by atoms with Crippen molar-refractivity contribution in [3.8, 4) is 5.88 Å². The topological polar surface area (TPSA) is 89.7 Å². The normalized spacial score (nSPS) is 23.7. The van der Waals surface area contributed by atoms with Gasteiger partial charge < -0.3 is 19.1 Å². The second-order valence-electron chi connectivity index (χ2n) is 11.4. The Labute approximate surface area is 247 Å². The van der Waals surface area contributed by atoms with Gasteiger partial charge in [-0.25, -0.2) is 14.8 Å². The SMILES string of the molecule is O=C(O)c1ccc2nc(CN3CC[C@]4(c5cccc(OCc6ccc(Cl)cc6Cl)n5)C[C@@H]4C3)n(C[C@H]3CCO3)c2c1. The number of nitrogens with zero attached hydrogens (tertiary/aromatic N) is 4. The summed E-state index contributed by atoms with van der Waals surface area (Å²) in [6.07, 6.45) is 3.28. The first-order valence-electron chi connectivity index (χ1n) is 14.0. The molecule has 0 bridgehead atoms. The lowest BCUT2D eigenvalue weighted by molar-refractivity contribution is -0.0592. The number of carboxylic acid groups (broad SMARTS) is 1. The molecule has 7 rings (SSSR count). The average molecular weight is 594 g/mol. The highest BCUT2D eigenvalue weighted by Gasteiger charge is 2.58. The van der Waals surface area contributed by atoms with Gasteiger partial charge in [-0.05, 0) is 68.1 Å². The number of aromatic carboxylic acids is 1. The Hall–Kier alpha value is -3.17. The number of fused-ring (bicyclic) bond motifs is 2. The first-order chi connectivity index (χ1) is 19.9. The summed E-state index contributed by atoms with van der Waals surface area (Å²) in [6.45, 7) is 4.42. The maximum Gasteiger partial charge on any atom is 0.335 e. The molecule has 0 unspecified atom stereocenters. The van der Waals surface area contributed by atoms with Gasteiger partial charge in [0.25, 0.3) is 0 Å². The van der Waals surface area contributed by atoms with E-state index in [1.807, 2.05) is 24.3 Å². The number of aromatic nitrogens is 3. The smallest absolute Gasteiger partial charge is 0.335 e. The zero-order valence-electron chi connectivity index (χ0n) is 22.4. The zero-order chi connectivity index (χ0) is 28.1. The highest BCUT2D eigenvalue weighted by molar-refractivity contribution is 6.35. The van der Waals surface area contributed by atoms with E-state index in [0.717, 1.165) is 73.6 Å². The first-order valence-corrected chi connectivity index (χ1v) is 14.7. The summed E-state index contributed by atoms with van der Waals surface area (Å²) >= 11 is 12.3. The lowest BCUT2D eigenvalue weighted by Gasteiger charge is -2.32. The van der Waals surface area contributed by atoms with E-state index in [2.05, 4.69) is 15.5 Å². The number of halogens is 2. The molecule has 2 aliphatic heterocycles. The Bertz CT molecular complexity index is 1640. The fourth-order valence-corrected chi connectivity index (χ4v) is 6.76. The van der Waals surface area contributed by atoms with Crippen molar-refractivity contribution in [2.45, 2.75) is 50.5 Å². The molecule has 3 fully saturated rings. The molecule has 1 saturated carbocycles. The summed E-state index contributed by atoms with van der Waals surface area (Å²) in [6, 6.07) is 16.6. The van der Waals surface area contributed by atoms with Crippen molar-refractivity contribution in [2.75, 3.05) is 19.7 Å². The van der Waals surface area contributed by atoms with Crippen molar-refractivity contribution in [1.29, 1.82) is 0 Å². The molecule has 2 aromatic carbocycles. The van der Waals surface area contributed by atoms with Crippen LogP contribution in [0.1, 0.15) is 46.7 Å². The number of piperidine rings is 1. The fraction of sp³-hybridized carbons (Fsp3) is 0.387. The Morgan fingerprint density at radius 1 is 1.15 bits per heavy atom. The predicted molar refractivity (Wildman–Crippen MR) is 156 cm³/mol. The molecule has 8 nitrogen and oxygen atoms in total. The molecule has 4 aromatic rings. The van der Waals surface area contributed by atoms with Crippen molar-refractivity contribution in [3.63, 3.8) is 0 Å². The number of hydrogen-bond donors (Lipinski definition) is 1. The second-order valence-corrected chi connectivity index (χ2v) is 12.2. The van der Waals surface area contributed by atoms with Gasteiger partial charge in [-0.2, -0.15) is 0 Å². The van der Waals surface area contributed by atoms with Gasteiger partial charge in [0.2, 0.25) is 5.88 Å². The quantitative estimate of drug-likeness (QED) is 0.256. The highest BCUT2D eigenvalue weighted by atomic mass is 35.5. The van der Waals surface area contributed by atoms with Crippen molar-refractivity contribution >= 4 is 40.2 Å². The zero-order valence-corrected chi connectivity index (χ0v) is 23.9. The van der Waals surface area contributed by atoms with Crippen LogP contribution >= 0.6 is 23.2 Å². The van der Waals surface area contributed by atoms with Crippen LogP contribution in [-0.4, -0.2) is 56.3 Å². The maximum atomic E-state index is 11.6. The lowest BCUT2D eigenvalue weighted by atomic mass is 9.91. The van der Waals surface area contributed by atoms with Crippen LogP contribution in [-0.2, 0) is 29.8 Å². The van der Waals surface area contributed by atoms with Gasteiger partial charge in [0, 0.05) is 40.2 Å². The number of rotatable bonds is 9. The van der Waals surface area contributed by atoms with E-state index in [1.165, 1.54) is 0 Å². The molecule has 2 saturated heterocycles. The Kier molecular flexibility index (Phi) is 6.90. The summed E-state index contributed by atoms with van der Waals surface area (Å²) in [7, 11) is 0. The van der Waals surface area contributed by atoms with Crippen LogP contribution in [0, 0.1) is 5.92 Å². The molecule has 1 N–H and O–H groups in total. The van der Waals surface area contributed by atoms with E-state index >= 15 is 0 Å². The number of pyridine rings is 1. The van der Waals surface area contributed by atoms with Gasteiger partial charge in [0.1, 0.15) is 12.4 Å². The molecular formula is C31H30Cl2N4O4. The number of likely N-dealkylation sites (tertiary alicyclic amines) is 1. The Morgan fingerprint density at radius 3 is 2.78 bits per heavy atom. The summed E-state index contributed by atoms with van der Waals surface area (Å²) in [5.41, 5.74) is 4.00. The van der Waals surface area contributed by atoms with Crippen LogP contribution in [0.5, 0.6) is 5.88 Å². The number of carboxylic acids is 1. The van der Waals surface area contributed by atoms with E-state index < -0.39 is 5.97 Å². The van der Waals surface area contributed by atoms with Gasteiger partial charge in [-0.3, -0.25) is 4.90 Å². The molecule has 2 aromatic heterocycles. The minimum Gasteiger partial charge on any atom is -0.478 e. The van der Waals surface area contributed by atoms with Crippen molar-refractivity contribution in [1.82, 2.24) is 19.4 Å². The Balaban J connectivity index is 1.05. The van der Waals surface area contributed by atoms with Gasteiger partial charge in [-0.15, -0.1) is 0 Å². The van der Waals surface area contributed by atoms with Gasteiger partial charge in [-0.1, -0.05) is 35.3 Å². The van der Waals surface area contributed by atoms with Crippen LogP contribution in [0.15, 0.2) is 54.6 Å². The number of imidazole rings is 1. The standard InChI is InChI=1S/C31H30Cl2N4O4/c32-22-6-4-20(24(33)13-22)18-41-29-3-1-2-27(35-29)31-9-10-36(15-21(31)14-31)17-28-34-25-7-5-19(30(38)39)12-26(25)37(28)16-23-8-11-40-23/h1-7,12-13,21,23H,8-11,14-18H2,(H,38,39)/t21-,23-,31+/m1/s1. The van der Waals surface area contributed by atoms with E-state index in [1.54, 1.807) is 24.3 Å². The molecule has 212 valence electrons. The molecule has 4 heterocycles. The average Bonchev–Trinajstić information content (AvgIpc) is 3.58. The third kappa shape index (κ3) is 5.18. The number of ether oxygens (including phenoxy) is 2. The molecule has 41 heavy (non-hydrogen) atoms. The second kappa shape index (κ2) is 10.6. The van der Waals surface area contributed by atoms with Crippen LogP contribution in [0.2, 0.25) is 10.0 Å². The number of hydrogen-bond acceptors (Lipinski definition) is 6. The predicted octanol–water partition coefficient (Wildman–Crippen LogP) is 5.97. The minimum absolute atomic E-state index is 0.0874. The molecule has 0 amide bonds. The van der Waals surface area contributed by atoms with Gasteiger partial charge in [0.05, 0.1) is 41.5 Å². The van der Waals surface area contributed by atoms with Crippen LogP contribution in [0.25, 0.3) is 11.0 Å². The molecule has 3 atom stereocenters. The van der Waals surface area contributed by atoms with Crippen molar-refractivity contribution < 1.29 is 19.4 Å². The summed E-state index contributed by atoms with van der Waals surface area (Å²) in [5.74, 6) is 1.15. The summed E-state index contributed by atoms with van der Waals surface area (Å²) < 4.78 is 13.9. The maximum absolute atomic E-state index is 11.6. The van der Waals surface area contributed by atoms with Crippen LogP contribution in [0.3, 0.4) is 0 Å². The van der Waals surface area contributed by atoms with Crippen molar-refractivity contribution in [3.05, 3.63) is 87.3 Å². The molecule has 10 heteroatoms. The fourth-order valence-electron chi connectivity index (χ4n) is 6.30. The van der Waals surface area contributed by atoms with Gasteiger partial charge >= 0.3 is 5.97 Å². The molecule has 1 aliphatic carbocycles. The molecular weight excluding hydrogens is 563 g/mol. The third-order valence-electron chi connectivity index (χ3n) is 8.83. The number of carbonyl (C=O) groups is 1. The van der Waals surface area contributed by atoms with E-state index in [-0.39, 0.29) is 17.1 Å². The van der Waals surface area contributed by atoms with Crippen LogP contribution < -0.4 is 4.74 Å². The monoisotopic (exact) mass is 592 g/mol. The lowest BCUT2D eigenvalue weighted by Crippen LogP contribution is -2.37. The van der Waals surface area contributed by atoms with E-state index in [0.29, 0.717) is 35.0 Å². The molecule has 0 spiro atoms. The first kappa shape index (κ1) is 26.7. The van der Waals surface area contributed by atoms with Crippen LogP contribution in [0.4, 0.5) is 0 Å². The molecule has 3 aliphatic rings. The van der Waals surface area contributed by atoms with E-state index in [9.17, 15) is 9.90 Å². The minimum atomic E-state index is -0.931. The third-order valence-corrected chi connectivity index (χ3v) is 9.41. The number of benzene rings is 2. The molecule has 0 radical (unpaired) electrons. The highest BCUT2D eigenvalue weighted by Crippen LogP contribution is 2.59. The van der Waals surface area contributed by atoms with Crippen molar-refractivity contribution in [2.24, 2.45) is 5.92 Å². The van der Waals surface area contributed by atoms with Gasteiger partial charge in [0.15, 0.2) is 0 Å². The largest absolute Gasteiger partial charge is 0.478 e.